The van der Waals surface area contributed by atoms with Crippen molar-refractivity contribution in [3.8, 4) is 11.3 Å². The van der Waals surface area contributed by atoms with Crippen LogP contribution in [-0.2, 0) is 11.8 Å². The van der Waals surface area contributed by atoms with Crippen molar-refractivity contribution in [2.75, 3.05) is 0 Å². The van der Waals surface area contributed by atoms with Crippen LogP contribution in [0, 0.1) is 0 Å². The van der Waals surface area contributed by atoms with E-state index in [4.69, 9.17) is 5.73 Å². The SMILES string of the molecule is CC(C(=O)NNC(N)=O)N1C(=O)c2ccccc2C1c1c(-c2ccccc2)n(C)c2ccccc12. The van der Waals surface area contributed by atoms with E-state index in [1.54, 1.807) is 17.9 Å². The zero-order chi connectivity index (χ0) is 24.7. The van der Waals surface area contributed by atoms with Crippen molar-refractivity contribution in [1.82, 2.24) is 20.3 Å². The minimum atomic E-state index is -0.894. The largest absolute Gasteiger partial charge is 0.350 e. The molecule has 0 radical (unpaired) electrons. The molecule has 0 fully saturated rings. The predicted molar refractivity (Wildman–Crippen MR) is 133 cm³/mol. The predicted octanol–water partition coefficient (Wildman–Crippen LogP) is 3.48. The Morgan fingerprint density at radius 2 is 1.57 bits per heavy atom. The molecule has 1 aromatic heterocycles. The monoisotopic (exact) mass is 467 g/mol. The number of carbonyl (C=O) groups is 3. The van der Waals surface area contributed by atoms with Crippen LogP contribution < -0.4 is 16.6 Å². The Hall–Kier alpha value is -4.59. The number of nitrogens with zero attached hydrogens (tertiary/aromatic N) is 2. The van der Waals surface area contributed by atoms with Gasteiger partial charge in [0.25, 0.3) is 11.8 Å². The van der Waals surface area contributed by atoms with Crippen molar-refractivity contribution < 1.29 is 14.4 Å². The zero-order valence-electron chi connectivity index (χ0n) is 19.4. The lowest BCUT2D eigenvalue weighted by molar-refractivity contribution is -0.126. The van der Waals surface area contributed by atoms with Gasteiger partial charge >= 0.3 is 6.03 Å². The molecule has 8 nitrogen and oxygen atoms in total. The van der Waals surface area contributed by atoms with E-state index < -0.39 is 24.0 Å². The maximum Gasteiger partial charge on any atom is 0.330 e. The van der Waals surface area contributed by atoms with Crippen LogP contribution in [-0.4, -0.2) is 33.4 Å². The fourth-order valence-electron chi connectivity index (χ4n) is 5.03. The summed E-state index contributed by atoms with van der Waals surface area (Å²) in [4.78, 5) is 39.4. The van der Waals surface area contributed by atoms with E-state index in [2.05, 4.69) is 15.4 Å². The van der Waals surface area contributed by atoms with Gasteiger partial charge in [-0.3, -0.25) is 15.0 Å². The number of carbonyl (C=O) groups excluding carboxylic acids is 3. The lowest BCUT2D eigenvalue weighted by atomic mass is 9.92. The fraction of sp³-hybridized carbons (Fsp3) is 0.148. The third-order valence-electron chi connectivity index (χ3n) is 6.57. The van der Waals surface area contributed by atoms with Gasteiger partial charge in [-0.2, -0.15) is 0 Å². The molecule has 176 valence electrons. The van der Waals surface area contributed by atoms with Crippen LogP contribution in [0.5, 0.6) is 0 Å². The molecule has 3 aromatic carbocycles. The van der Waals surface area contributed by atoms with Gasteiger partial charge in [0.2, 0.25) is 0 Å². The Balaban J connectivity index is 1.75. The van der Waals surface area contributed by atoms with Crippen LogP contribution in [0.3, 0.4) is 0 Å². The van der Waals surface area contributed by atoms with Crippen LogP contribution in [0.1, 0.15) is 34.5 Å². The number of aromatic nitrogens is 1. The van der Waals surface area contributed by atoms with Crippen LogP contribution in [0.15, 0.2) is 78.9 Å². The van der Waals surface area contributed by atoms with Gasteiger partial charge in [0, 0.05) is 29.1 Å². The Bertz CT molecular complexity index is 1460. The van der Waals surface area contributed by atoms with E-state index in [9.17, 15) is 14.4 Å². The molecular formula is C27H25N5O3. The summed E-state index contributed by atoms with van der Waals surface area (Å²) >= 11 is 0. The average molecular weight is 468 g/mol. The number of fused-ring (bicyclic) bond motifs is 2. The van der Waals surface area contributed by atoms with E-state index in [-0.39, 0.29) is 5.91 Å². The van der Waals surface area contributed by atoms with Crippen molar-refractivity contribution in [1.29, 1.82) is 0 Å². The number of hydrogen-bond donors (Lipinski definition) is 3. The van der Waals surface area contributed by atoms with E-state index in [0.29, 0.717) is 5.56 Å². The number of aryl methyl sites for hydroxylation is 1. The molecule has 0 saturated heterocycles. The summed E-state index contributed by atoms with van der Waals surface area (Å²) in [5.74, 6) is -0.796. The molecule has 0 spiro atoms. The Morgan fingerprint density at radius 1 is 0.914 bits per heavy atom. The molecule has 1 aliphatic rings. The van der Waals surface area contributed by atoms with Crippen molar-refractivity contribution in [3.05, 3.63) is 95.6 Å². The molecule has 4 amide bonds. The van der Waals surface area contributed by atoms with Gasteiger partial charge in [0.1, 0.15) is 6.04 Å². The third-order valence-corrected chi connectivity index (χ3v) is 6.57. The highest BCUT2D eigenvalue weighted by Crippen LogP contribution is 2.47. The second kappa shape index (κ2) is 8.64. The minimum absolute atomic E-state index is 0.251. The summed E-state index contributed by atoms with van der Waals surface area (Å²) in [6.07, 6.45) is 0. The second-order valence-electron chi connectivity index (χ2n) is 8.56. The number of hydrogen-bond acceptors (Lipinski definition) is 3. The molecule has 8 heteroatoms. The van der Waals surface area contributed by atoms with Gasteiger partial charge in [-0.05, 0) is 30.2 Å². The van der Waals surface area contributed by atoms with Gasteiger partial charge in [0.15, 0.2) is 0 Å². The lowest BCUT2D eigenvalue weighted by Crippen LogP contribution is -2.53. The zero-order valence-corrected chi connectivity index (χ0v) is 19.4. The lowest BCUT2D eigenvalue weighted by Gasteiger charge is -2.31. The molecule has 1 aliphatic heterocycles. The van der Waals surface area contributed by atoms with Crippen molar-refractivity contribution in [2.24, 2.45) is 12.8 Å². The minimum Gasteiger partial charge on any atom is -0.350 e. The van der Waals surface area contributed by atoms with E-state index in [1.165, 1.54) is 0 Å². The highest BCUT2D eigenvalue weighted by molar-refractivity contribution is 6.04. The standard InChI is InChI=1S/C27H25N5O3/c1-16(25(33)29-30-27(28)35)32-24(18-12-6-7-13-19(18)26(32)34)22-20-14-8-9-15-21(20)31(2)23(22)17-10-4-3-5-11-17/h3-16,24H,1-2H3,(H,29,33)(H3,28,30,35). The number of amides is 4. The molecule has 0 bridgehead atoms. The van der Waals surface area contributed by atoms with Crippen molar-refractivity contribution >= 4 is 28.7 Å². The molecule has 2 atom stereocenters. The maximum absolute atomic E-state index is 13.7. The molecule has 4 aromatic rings. The molecule has 2 unspecified atom stereocenters. The average Bonchev–Trinajstić information content (AvgIpc) is 3.33. The molecule has 35 heavy (non-hydrogen) atoms. The Labute approximate surface area is 202 Å². The molecule has 5 rings (SSSR count). The van der Waals surface area contributed by atoms with Crippen LogP contribution in [0.25, 0.3) is 22.2 Å². The first-order valence-electron chi connectivity index (χ1n) is 11.3. The molecule has 0 aliphatic carbocycles. The molecule has 2 heterocycles. The van der Waals surface area contributed by atoms with Crippen molar-refractivity contribution in [3.63, 3.8) is 0 Å². The van der Waals surface area contributed by atoms with Gasteiger partial charge in [-0.1, -0.05) is 66.7 Å². The molecule has 4 N–H and O–H groups in total. The molecular weight excluding hydrogens is 442 g/mol. The second-order valence-corrected chi connectivity index (χ2v) is 8.56. The summed E-state index contributed by atoms with van der Waals surface area (Å²) < 4.78 is 2.13. The number of benzene rings is 3. The van der Waals surface area contributed by atoms with Crippen LogP contribution in [0.2, 0.25) is 0 Å². The number of primary amides is 1. The maximum atomic E-state index is 13.7. The van der Waals surface area contributed by atoms with Gasteiger partial charge < -0.3 is 15.2 Å². The summed E-state index contributed by atoms with van der Waals surface area (Å²) in [5.41, 5.74) is 14.8. The van der Waals surface area contributed by atoms with Crippen LogP contribution >= 0.6 is 0 Å². The topological polar surface area (TPSA) is 109 Å². The first kappa shape index (κ1) is 22.2. The van der Waals surface area contributed by atoms with E-state index >= 15 is 0 Å². The summed E-state index contributed by atoms with van der Waals surface area (Å²) in [5, 5.41) is 0.997. The Morgan fingerprint density at radius 3 is 2.31 bits per heavy atom. The van der Waals surface area contributed by atoms with E-state index in [1.807, 2.05) is 79.8 Å². The first-order valence-corrected chi connectivity index (χ1v) is 11.3. The number of nitrogens with two attached hydrogens (primary N) is 1. The highest BCUT2D eigenvalue weighted by atomic mass is 16.2. The quantitative estimate of drug-likeness (QED) is 0.400. The summed E-state index contributed by atoms with van der Waals surface area (Å²) in [7, 11) is 2.01. The number of hydrazine groups is 1. The number of rotatable bonds is 4. The third kappa shape index (κ3) is 3.59. The Kier molecular flexibility index (Phi) is 5.49. The van der Waals surface area contributed by atoms with Crippen molar-refractivity contribution in [2.45, 2.75) is 19.0 Å². The van der Waals surface area contributed by atoms with Crippen LogP contribution in [0.4, 0.5) is 4.79 Å². The highest BCUT2D eigenvalue weighted by Gasteiger charge is 2.44. The summed E-state index contributed by atoms with van der Waals surface area (Å²) in [6, 6.07) is 23.2. The van der Waals surface area contributed by atoms with Gasteiger partial charge in [-0.25, -0.2) is 10.2 Å². The smallest absolute Gasteiger partial charge is 0.330 e. The fourth-order valence-corrected chi connectivity index (χ4v) is 5.03. The number of nitrogens with one attached hydrogen (secondary N) is 2. The first-order chi connectivity index (χ1) is 16.9. The van der Waals surface area contributed by atoms with Gasteiger partial charge in [-0.15, -0.1) is 0 Å². The normalized spacial score (nSPS) is 15.7. The van der Waals surface area contributed by atoms with E-state index in [0.717, 1.165) is 33.3 Å². The summed E-state index contributed by atoms with van der Waals surface area (Å²) in [6.45, 7) is 1.64. The number of para-hydroxylation sites is 1. The number of urea groups is 1. The molecule has 0 saturated carbocycles. The van der Waals surface area contributed by atoms with Gasteiger partial charge in [0.05, 0.1) is 11.7 Å².